The SMILES string of the molecule is CCc1nn(C)c(CC(=O)c2cccc(F)c2)c1Cl. The van der Waals surface area contributed by atoms with Crippen molar-refractivity contribution in [3.8, 4) is 0 Å². The van der Waals surface area contributed by atoms with E-state index in [0.29, 0.717) is 22.7 Å². The minimum absolute atomic E-state index is 0.117. The van der Waals surface area contributed by atoms with E-state index in [0.717, 1.165) is 5.69 Å². The van der Waals surface area contributed by atoms with Gasteiger partial charge in [0.25, 0.3) is 0 Å². The minimum atomic E-state index is -0.420. The molecule has 0 atom stereocenters. The van der Waals surface area contributed by atoms with Crippen LogP contribution >= 0.6 is 11.6 Å². The number of aromatic nitrogens is 2. The molecule has 0 aliphatic carbocycles. The van der Waals surface area contributed by atoms with Crippen LogP contribution in [0.4, 0.5) is 4.39 Å². The second-order valence-corrected chi connectivity index (χ2v) is 4.67. The maximum Gasteiger partial charge on any atom is 0.168 e. The molecule has 0 bridgehead atoms. The average molecular weight is 281 g/mol. The average Bonchev–Trinajstić information content (AvgIpc) is 2.66. The Balaban J connectivity index is 2.27. The van der Waals surface area contributed by atoms with Crippen LogP contribution in [-0.2, 0) is 19.9 Å². The van der Waals surface area contributed by atoms with E-state index in [1.165, 1.54) is 18.2 Å². The number of ketones is 1. The fraction of sp³-hybridized carbons (Fsp3) is 0.286. The summed E-state index contributed by atoms with van der Waals surface area (Å²) < 4.78 is 14.7. The Morgan fingerprint density at radius 3 is 2.79 bits per heavy atom. The number of hydrogen-bond donors (Lipinski definition) is 0. The lowest BCUT2D eigenvalue weighted by Crippen LogP contribution is -2.08. The van der Waals surface area contributed by atoms with Gasteiger partial charge in [0.2, 0.25) is 0 Å². The summed E-state index contributed by atoms with van der Waals surface area (Å²) in [4.78, 5) is 12.1. The monoisotopic (exact) mass is 280 g/mol. The Hall–Kier alpha value is -1.68. The number of carbonyl (C=O) groups excluding carboxylic acids is 1. The molecule has 1 aromatic heterocycles. The van der Waals surface area contributed by atoms with Gasteiger partial charge in [-0.2, -0.15) is 5.10 Å². The van der Waals surface area contributed by atoms with Gasteiger partial charge in [-0.3, -0.25) is 9.48 Å². The normalized spacial score (nSPS) is 10.7. The minimum Gasteiger partial charge on any atom is -0.294 e. The van der Waals surface area contributed by atoms with Crippen LogP contribution in [0.15, 0.2) is 24.3 Å². The predicted molar refractivity (Wildman–Crippen MR) is 72.0 cm³/mol. The van der Waals surface area contributed by atoms with E-state index in [-0.39, 0.29) is 12.2 Å². The van der Waals surface area contributed by atoms with Gasteiger partial charge in [-0.15, -0.1) is 0 Å². The van der Waals surface area contributed by atoms with E-state index in [1.54, 1.807) is 17.8 Å². The molecule has 2 aromatic rings. The van der Waals surface area contributed by atoms with Gasteiger partial charge < -0.3 is 0 Å². The Morgan fingerprint density at radius 1 is 1.47 bits per heavy atom. The van der Waals surface area contributed by atoms with Crippen LogP contribution in [0.2, 0.25) is 5.02 Å². The standard InChI is InChI=1S/C14H14ClFN2O/c1-3-11-14(15)12(18(2)17-11)8-13(19)9-5-4-6-10(16)7-9/h4-7H,3,8H2,1-2H3. The van der Waals surface area contributed by atoms with Crippen molar-refractivity contribution in [3.05, 3.63) is 52.1 Å². The van der Waals surface area contributed by atoms with Gasteiger partial charge in [0.1, 0.15) is 5.82 Å². The molecular formula is C14H14ClFN2O. The first-order valence-corrected chi connectivity index (χ1v) is 6.39. The number of benzene rings is 1. The number of nitrogens with zero attached hydrogens (tertiary/aromatic N) is 2. The van der Waals surface area contributed by atoms with Crippen LogP contribution in [0.5, 0.6) is 0 Å². The highest BCUT2D eigenvalue weighted by Gasteiger charge is 2.17. The maximum absolute atomic E-state index is 13.1. The summed E-state index contributed by atoms with van der Waals surface area (Å²) in [7, 11) is 1.75. The summed E-state index contributed by atoms with van der Waals surface area (Å²) in [6, 6.07) is 5.65. The Labute approximate surface area is 116 Å². The molecular weight excluding hydrogens is 267 g/mol. The Kier molecular flexibility index (Phi) is 4.00. The van der Waals surface area contributed by atoms with Crippen LogP contribution in [-0.4, -0.2) is 15.6 Å². The van der Waals surface area contributed by atoms with Crippen molar-refractivity contribution >= 4 is 17.4 Å². The molecule has 0 radical (unpaired) electrons. The molecule has 0 unspecified atom stereocenters. The molecule has 1 aromatic carbocycles. The van der Waals surface area contributed by atoms with E-state index in [4.69, 9.17) is 11.6 Å². The van der Waals surface area contributed by atoms with Gasteiger partial charge in [0.05, 0.1) is 22.8 Å². The number of aryl methyl sites for hydroxylation is 2. The number of halogens is 2. The van der Waals surface area contributed by atoms with Crippen molar-refractivity contribution in [1.29, 1.82) is 0 Å². The van der Waals surface area contributed by atoms with Gasteiger partial charge in [0.15, 0.2) is 5.78 Å². The van der Waals surface area contributed by atoms with Crippen LogP contribution < -0.4 is 0 Å². The van der Waals surface area contributed by atoms with Gasteiger partial charge >= 0.3 is 0 Å². The highest BCUT2D eigenvalue weighted by molar-refractivity contribution is 6.32. The van der Waals surface area contributed by atoms with E-state index in [2.05, 4.69) is 5.10 Å². The zero-order valence-electron chi connectivity index (χ0n) is 10.8. The van der Waals surface area contributed by atoms with Crippen LogP contribution in [0.3, 0.4) is 0 Å². The number of Topliss-reactive ketones (excluding diaryl/α,β-unsaturated/α-hetero) is 1. The molecule has 0 saturated heterocycles. The van der Waals surface area contributed by atoms with Crippen molar-refractivity contribution in [2.24, 2.45) is 7.05 Å². The van der Waals surface area contributed by atoms with Crippen molar-refractivity contribution in [1.82, 2.24) is 9.78 Å². The fourth-order valence-electron chi connectivity index (χ4n) is 1.93. The Morgan fingerprint density at radius 2 is 2.21 bits per heavy atom. The zero-order chi connectivity index (χ0) is 14.0. The highest BCUT2D eigenvalue weighted by Crippen LogP contribution is 2.22. The summed E-state index contributed by atoms with van der Waals surface area (Å²) in [6.45, 7) is 1.95. The summed E-state index contributed by atoms with van der Waals surface area (Å²) in [5.41, 5.74) is 1.77. The number of rotatable bonds is 4. The van der Waals surface area contributed by atoms with Crippen molar-refractivity contribution in [2.45, 2.75) is 19.8 Å². The molecule has 19 heavy (non-hydrogen) atoms. The topological polar surface area (TPSA) is 34.9 Å². The third-order valence-corrected chi connectivity index (χ3v) is 3.41. The molecule has 0 saturated carbocycles. The van der Waals surface area contributed by atoms with Gasteiger partial charge in [-0.1, -0.05) is 30.7 Å². The van der Waals surface area contributed by atoms with Crippen LogP contribution in [0.1, 0.15) is 28.7 Å². The van der Waals surface area contributed by atoms with Gasteiger partial charge in [0, 0.05) is 12.6 Å². The van der Waals surface area contributed by atoms with Crippen LogP contribution in [0.25, 0.3) is 0 Å². The second kappa shape index (κ2) is 5.53. The molecule has 3 nitrogen and oxygen atoms in total. The fourth-order valence-corrected chi connectivity index (χ4v) is 2.29. The van der Waals surface area contributed by atoms with E-state index < -0.39 is 5.82 Å². The van der Waals surface area contributed by atoms with Gasteiger partial charge in [-0.05, 0) is 18.6 Å². The van der Waals surface area contributed by atoms with Crippen LogP contribution in [0, 0.1) is 5.82 Å². The first-order chi connectivity index (χ1) is 9.02. The lowest BCUT2D eigenvalue weighted by Gasteiger charge is -2.03. The molecule has 0 aliphatic rings. The largest absolute Gasteiger partial charge is 0.294 e. The maximum atomic E-state index is 13.1. The third-order valence-electron chi connectivity index (χ3n) is 2.98. The molecule has 0 spiro atoms. The summed E-state index contributed by atoms with van der Waals surface area (Å²) in [5.74, 6) is -0.594. The quantitative estimate of drug-likeness (QED) is 0.806. The number of carbonyl (C=O) groups is 1. The molecule has 2 rings (SSSR count). The molecule has 0 fully saturated rings. The molecule has 5 heteroatoms. The first-order valence-electron chi connectivity index (χ1n) is 6.02. The highest BCUT2D eigenvalue weighted by atomic mass is 35.5. The first kappa shape index (κ1) is 13.7. The van der Waals surface area contributed by atoms with Gasteiger partial charge in [-0.25, -0.2) is 4.39 Å². The van der Waals surface area contributed by atoms with E-state index in [1.807, 2.05) is 6.92 Å². The lowest BCUT2D eigenvalue weighted by molar-refractivity contribution is 0.0990. The zero-order valence-corrected chi connectivity index (χ0v) is 11.5. The molecule has 0 amide bonds. The molecule has 0 N–H and O–H groups in total. The summed E-state index contributed by atoms with van der Waals surface area (Å²) in [6.07, 6.45) is 0.826. The van der Waals surface area contributed by atoms with E-state index in [9.17, 15) is 9.18 Å². The third kappa shape index (κ3) is 2.84. The van der Waals surface area contributed by atoms with Crippen molar-refractivity contribution in [3.63, 3.8) is 0 Å². The van der Waals surface area contributed by atoms with Crippen molar-refractivity contribution < 1.29 is 9.18 Å². The second-order valence-electron chi connectivity index (χ2n) is 4.29. The lowest BCUT2D eigenvalue weighted by atomic mass is 10.1. The number of hydrogen-bond acceptors (Lipinski definition) is 2. The smallest absolute Gasteiger partial charge is 0.168 e. The predicted octanol–water partition coefficient (Wildman–Crippen LogP) is 3.20. The van der Waals surface area contributed by atoms with Crippen molar-refractivity contribution in [2.75, 3.05) is 0 Å². The van der Waals surface area contributed by atoms with E-state index >= 15 is 0 Å². The molecule has 100 valence electrons. The molecule has 1 heterocycles. The summed E-state index contributed by atoms with van der Waals surface area (Å²) >= 11 is 6.18. The molecule has 0 aliphatic heterocycles. The summed E-state index contributed by atoms with van der Waals surface area (Å²) in [5, 5.41) is 4.77. The Bertz CT molecular complexity index is 622.